The predicted molar refractivity (Wildman–Crippen MR) is 200 cm³/mol. The highest BCUT2D eigenvalue weighted by Gasteiger charge is 2.42. The SMILES string of the molecule is COc1ccc(C(OC[C@@H]2C[C@@H](O)[C@H](n3cnc4c(NC(=O)OCCc5ccc([N+](=O)[O-])cc5)ncnc43)O2)(c2ccccc2)c2ccc(OC)cc2)cc1. The van der Waals surface area contributed by atoms with Crippen LogP contribution in [0, 0.1) is 10.1 Å². The van der Waals surface area contributed by atoms with Gasteiger partial charge in [-0.15, -0.1) is 0 Å². The number of ether oxygens (including phenoxy) is 5. The summed E-state index contributed by atoms with van der Waals surface area (Å²) in [4.78, 5) is 36.1. The van der Waals surface area contributed by atoms with Crippen LogP contribution in [-0.4, -0.2) is 75.3 Å². The van der Waals surface area contributed by atoms with Crippen molar-refractivity contribution in [3.8, 4) is 11.5 Å². The quantitative estimate of drug-likeness (QED) is 0.0733. The zero-order valence-corrected chi connectivity index (χ0v) is 30.0. The van der Waals surface area contributed by atoms with E-state index in [2.05, 4.69) is 20.3 Å². The van der Waals surface area contributed by atoms with Crippen LogP contribution < -0.4 is 14.8 Å². The second kappa shape index (κ2) is 16.3. The lowest BCUT2D eigenvalue weighted by Crippen LogP contribution is -2.35. The van der Waals surface area contributed by atoms with Gasteiger partial charge in [0.25, 0.3) is 5.69 Å². The molecule has 1 amide bonds. The van der Waals surface area contributed by atoms with Crippen molar-refractivity contribution in [3.63, 3.8) is 0 Å². The number of imidazole rings is 1. The first-order valence-electron chi connectivity index (χ1n) is 17.5. The van der Waals surface area contributed by atoms with E-state index in [0.29, 0.717) is 23.6 Å². The Hall–Kier alpha value is -6.42. The molecule has 7 rings (SSSR count). The third-order valence-electron chi connectivity index (χ3n) is 9.45. The van der Waals surface area contributed by atoms with Crippen molar-refractivity contribution in [2.75, 3.05) is 32.8 Å². The van der Waals surface area contributed by atoms with Crippen molar-refractivity contribution >= 4 is 28.8 Å². The molecule has 15 heteroatoms. The summed E-state index contributed by atoms with van der Waals surface area (Å²) in [6, 6.07) is 31.4. The van der Waals surface area contributed by atoms with Gasteiger partial charge in [0.2, 0.25) is 0 Å². The standard InChI is InChI=1S/C40H38N6O9/c1-51-31-16-10-28(11-17-31)40(27-6-4-3-5-7-27,29-12-18-32(52-2)19-13-29)54-23-33-22-34(47)38(55-33)45-25-43-35-36(41-24-42-37(35)45)44-39(48)53-21-20-26-8-14-30(15-9-26)46(49)50/h3-19,24-25,33-34,38,47H,20-23H2,1-2H3,(H,41,42,44,48)/t33-,34+,38+/m0/s1. The lowest BCUT2D eigenvalue weighted by Gasteiger charge is -2.37. The molecule has 0 aliphatic carbocycles. The van der Waals surface area contributed by atoms with Crippen molar-refractivity contribution < 1.29 is 38.5 Å². The number of aromatic nitrogens is 4. The van der Waals surface area contributed by atoms with Crippen LogP contribution >= 0.6 is 0 Å². The van der Waals surface area contributed by atoms with Gasteiger partial charge in [-0.2, -0.15) is 0 Å². The molecule has 4 aromatic carbocycles. The van der Waals surface area contributed by atoms with E-state index >= 15 is 0 Å². The van der Waals surface area contributed by atoms with Crippen molar-refractivity contribution in [1.82, 2.24) is 19.5 Å². The summed E-state index contributed by atoms with van der Waals surface area (Å²) in [5, 5.41) is 24.8. The van der Waals surface area contributed by atoms with E-state index in [9.17, 15) is 20.0 Å². The molecule has 1 saturated heterocycles. The summed E-state index contributed by atoms with van der Waals surface area (Å²) in [6.07, 6.45) is 0.282. The number of aliphatic hydroxyl groups excluding tert-OH is 1. The molecule has 1 aliphatic rings. The number of nitro groups is 1. The molecule has 3 heterocycles. The lowest BCUT2D eigenvalue weighted by atomic mass is 9.80. The summed E-state index contributed by atoms with van der Waals surface area (Å²) < 4.78 is 31.3. The maximum absolute atomic E-state index is 12.7. The minimum Gasteiger partial charge on any atom is -0.497 e. The summed E-state index contributed by atoms with van der Waals surface area (Å²) in [5.74, 6) is 1.52. The van der Waals surface area contributed by atoms with Gasteiger partial charge in [-0.1, -0.05) is 66.7 Å². The third-order valence-corrected chi connectivity index (χ3v) is 9.45. The Bertz CT molecular complexity index is 2190. The number of anilines is 1. The largest absolute Gasteiger partial charge is 0.497 e. The van der Waals surface area contributed by atoms with E-state index in [1.807, 2.05) is 78.9 Å². The minimum absolute atomic E-state index is 0.0199. The highest BCUT2D eigenvalue weighted by Crippen LogP contribution is 2.43. The summed E-state index contributed by atoms with van der Waals surface area (Å²) in [6.45, 7) is 0.140. The van der Waals surface area contributed by atoms with Crippen LogP contribution in [-0.2, 0) is 26.2 Å². The van der Waals surface area contributed by atoms with Crippen LogP contribution in [0.3, 0.4) is 0 Å². The Kier molecular flexibility index (Phi) is 10.9. The molecule has 2 N–H and O–H groups in total. The number of benzene rings is 4. The number of hydrogen-bond donors (Lipinski definition) is 2. The van der Waals surface area contributed by atoms with Gasteiger partial charge >= 0.3 is 6.09 Å². The Morgan fingerprint density at radius 2 is 1.55 bits per heavy atom. The summed E-state index contributed by atoms with van der Waals surface area (Å²) in [7, 11) is 3.24. The molecule has 282 valence electrons. The van der Waals surface area contributed by atoms with Crippen molar-refractivity contribution in [3.05, 3.63) is 148 Å². The Labute approximate surface area is 315 Å². The zero-order valence-electron chi connectivity index (χ0n) is 30.0. The molecule has 2 aromatic heterocycles. The first-order valence-corrected chi connectivity index (χ1v) is 17.5. The average Bonchev–Trinajstić information content (AvgIpc) is 3.82. The topological polar surface area (TPSA) is 182 Å². The highest BCUT2D eigenvalue weighted by atomic mass is 16.6. The van der Waals surface area contributed by atoms with E-state index in [-0.39, 0.29) is 36.7 Å². The molecule has 15 nitrogen and oxygen atoms in total. The van der Waals surface area contributed by atoms with Crippen LogP contribution in [0.5, 0.6) is 11.5 Å². The van der Waals surface area contributed by atoms with Crippen molar-refractivity contribution in [2.24, 2.45) is 0 Å². The average molecular weight is 747 g/mol. The lowest BCUT2D eigenvalue weighted by molar-refractivity contribution is -0.384. The molecule has 1 aliphatic heterocycles. The molecule has 0 bridgehead atoms. The van der Waals surface area contributed by atoms with E-state index in [1.165, 1.54) is 24.8 Å². The second-order valence-electron chi connectivity index (χ2n) is 12.7. The van der Waals surface area contributed by atoms with Crippen LogP contribution in [0.25, 0.3) is 11.2 Å². The van der Waals surface area contributed by atoms with E-state index in [0.717, 1.165) is 22.3 Å². The van der Waals surface area contributed by atoms with E-state index < -0.39 is 35.1 Å². The van der Waals surface area contributed by atoms with E-state index in [4.69, 9.17) is 23.7 Å². The number of fused-ring (bicyclic) bond motifs is 1. The molecular formula is C40H38N6O9. The molecule has 55 heavy (non-hydrogen) atoms. The highest BCUT2D eigenvalue weighted by molar-refractivity contribution is 5.93. The third kappa shape index (κ3) is 7.80. The second-order valence-corrected chi connectivity index (χ2v) is 12.7. The monoisotopic (exact) mass is 746 g/mol. The summed E-state index contributed by atoms with van der Waals surface area (Å²) >= 11 is 0. The molecule has 0 saturated carbocycles. The van der Waals surface area contributed by atoms with E-state index in [1.54, 1.807) is 30.9 Å². The molecule has 0 radical (unpaired) electrons. The molecule has 1 fully saturated rings. The summed E-state index contributed by atoms with van der Waals surface area (Å²) in [5.41, 5.74) is 2.90. The van der Waals surface area contributed by atoms with Crippen LogP contribution in [0.2, 0.25) is 0 Å². The van der Waals surface area contributed by atoms with Crippen LogP contribution in [0.4, 0.5) is 16.3 Å². The molecule has 6 aromatic rings. The van der Waals surface area contributed by atoms with Gasteiger partial charge < -0.3 is 28.8 Å². The van der Waals surface area contributed by atoms with Gasteiger partial charge in [-0.3, -0.25) is 20.0 Å². The fourth-order valence-electron chi connectivity index (χ4n) is 6.69. The number of carbonyl (C=O) groups is 1. The molecular weight excluding hydrogens is 708 g/mol. The number of carbonyl (C=O) groups excluding carboxylic acids is 1. The number of amides is 1. The number of nitro benzene ring substituents is 1. The number of nitrogens with zero attached hydrogens (tertiary/aromatic N) is 5. The number of non-ortho nitro benzene ring substituents is 1. The predicted octanol–water partition coefficient (Wildman–Crippen LogP) is 6.20. The first-order chi connectivity index (χ1) is 26.8. The smallest absolute Gasteiger partial charge is 0.412 e. The number of rotatable bonds is 14. The zero-order chi connectivity index (χ0) is 38.4. The Balaban J connectivity index is 1.08. The number of nitrogens with one attached hydrogen (secondary N) is 1. The van der Waals surface area contributed by atoms with Gasteiger partial charge in [0, 0.05) is 25.0 Å². The molecule has 0 spiro atoms. The van der Waals surface area contributed by atoms with Gasteiger partial charge in [0.15, 0.2) is 23.2 Å². The maximum atomic E-state index is 12.7. The minimum atomic E-state index is -1.07. The number of methoxy groups -OCH3 is 2. The van der Waals surface area contributed by atoms with Gasteiger partial charge in [0.1, 0.15) is 29.5 Å². The molecule has 3 atom stereocenters. The number of aliphatic hydroxyl groups is 1. The molecule has 0 unspecified atom stereocenters. The van der Waals surface area contributed by atoms with Gasteiger partial charge in [-0.05, 0) is 46.5 Å². The Morgan fingerprint density at radius 1 is 0.909 bits per heavy atom. The van der Waals surface area contributed by atoms with Crippen molar-refractivity contribution in [2.45, 2.75) is 36.9 Å². The fourth-order valence-corrected chi connectivity index (χ4v) is 6.69. The normalized spacial score (nSPS) is 16.8. The maximum Gasteiger partial charge on any atom is 0.412 e. The fraction of sp³-hybridized carbons (Fsp3) is 0.250. The van der Waals surface area contributed by atoms with Gasteiger partial charge in [-0.25, -0.2) is 19.7 Å². The van der Waals surface area contributed by atoms with Gasteiger partial charge in [0.05, 0.1) is 44.8 Å². The van der Waals surface area contributed by atoms with Crippen LogP contribution in [0.15, 0.2) is 116 Å². The first kappa shape index (κ1) is 36.9. The number of hydrogen-bond acceptors (Lipinski definition) is 12. The van der Waals surface area contributed by atoms with Crippen LogP contribution in [0.1, 0.15) is 34.9 Å². The Morgan fingerprint density at radius 3 is 2.16 bits per heavy atom. The van der Waals surface area contributed by atoms with Crippen molar-refractivity contribution in [1.29, 1.82) is 0 Å².